The summed E-state index contributed by atoms with van der Waals surface area (Å²) < 4.78 is 0. The molecular formula is C14H26N2O2. The van der Waals surface area contributed by atoms with Crippen LogP contribution in [0.1, 0.15) is 64.2 Å². The van der Waals surface area contributed by atoms with Crippen molar-refractivity contribution in [1.82, 2.24) is 10.6 Å². The molecule has 2 aliphatic carbocycles. The molecule has 0 spiro atoms. The van der Waals surface area contributed by atoms with Crippen LogP contribution >= 0.6 is 0 Å². The Morgan fingerprint density at radius 2 is 0.944 bits per heavy atom. The summed E-state index contributed by atoms with van der Waals surface area (Å²) in [4.78, 5) is 19.9. The van der Waals surface area contributed by atoms with Crippen molar-refractivity contribution in [3.63, 3.8) is 0 Å². The Morgan fingerprint density at radius 1 is 0.611 bits per heavy atom. The van der Waals surface area contributed by atoms with Gasteiger partial charge in [-0.05, 0) is 25.7 Å². The van der Waals surface area contributed by atoms with Crippen LogP contribution in [0, 0.1) is 0 Å². The minimum Gasteiger partial charge on any atom is -0.356 e. The van der Waals surface area contributed by atoms with Gasteiger partial charge in [0.25, 0.3) is 0 Å². The lowest BCUT2D eigenvalue weighted by Gasteiger charge is -2.19. The van der Waals surface area contributed by atoms with Crippen molar-refractivity contribution < 1.29 is 9.59 Å². The number of nitrogens with one attached hydrogen (secondary N) is 2. The SMILES string of the molecule is O=CNC1CCCCC1.O=CNC1CCCCC1. The van der Waals surface area contributed by atoms with E-state index in [0.717, 1.165) is 12.8 Å². The lowest BCUT2D eigenvalue weighted by atomic mass is 9.96. The fourth-order valence-corrected chi connectivity index (χ4v) is 2.73. The van der Waals surface area contributed by atoms with Gasteiger partial charge in [-0.25, -0.2) is 0 Å². The van der Waals surface area contributed by atoms with Crippen LogP contribution in [0.5, 0.6) is 0 Å². The first-order valence-electron chi connectivity index (χ1n) is 7.26. The molecule has 2 aliphatic rings. The summed E-state index contributed by atoms with van der Waals surface area (Å²) in [7, 11) is 0. The molecule has 0 aromatic rings. The number of carbonyl (C=O) groups excluding carboxylic acids is 2. The zero-order chi connectivity index (χ0) is 13.1. The van der Waals surface area contributed by atoms with Crippen LogP contribution in [-0.4, -0.2) is 24.9 Å². The molecular weight excluding hydrogens is 228 g/mol. The molecule has 0 unspecified atom stereocenters. The summed E-state index contributed by atoms with van der Waals surface area (Å²) in [5, 5.41) is 5.61. The second-order valence-electron chi connectivity index (χ2n) is 5.24. The number of amides is 2. The van der Waals surface area contributed by atoms with Crippen molar-refractivity contribution >= 4 is 12.8 Å². The highest BCUT2D eigenvalue weighted by atomic mass is 16.1. The predicted octanol–water partition coefficient (Wildman–Crippen LogP) is 2.13. The van der Waals surface area contributed by atoms with Crippen LogP contribution in [0.4, 0.5) is 0 Å². The molecule has 2 fully saturated rings. The van der Waals surface area contributed by atoms with E-state index in [1.54, 1.807) is 0 Å². The van der Waals surface area contributed by atoms with E-state index in [9.17, 15) is 9.59 Å². The molecule has 2 amide bonds. The van der Waals surface area contributed by atoms with Crippen LogP contribution in [0.2, 0.25) is 0 Å². The summed E-state index contributed by atoms with van der Waals surface area (Å²) in [6.45, 7) is 0. The fraction of sp³-hybridized carbons (Fsp3) is 0.857. The third kappa shape index (κ3) is 6.62. The maximum absolute atomic E-state index is 9.96. The molecule has 2 N–H and O–H groups in total. The first-order valence-corrected chi connectivity index (χ1v) is 7.26. The van der Waals surface area contributed by atoms with Gasteiger partial charge in [0.2, 0.25) is 12.8 Å². The quantitative estimate of drug-likeness (QED) is 0.755. The van der Waals surface area contributed by atoms with E-state index in [1.165, 1.54) is 64.2 Å². The Labute approximate surface area is 110 Å². The average molecular weight is 254 g/mol. The molecule has 0 aliphatic heterocycles. The van der Waals surface area contributed by atoms with E-state index in [2.05, 4.69) is 10.6 Å². The van der Waals surface area contributed by atoms with Gasteiger partial charge in [-0.15, -0.1) is 0 Å². The van der Waals surface area contributed by atoms with Gasteiger partial charge in [-0.2, -0.15) is 0 Å². The maximum atomic E-state index is 9.96. The number of rotatable bonds is 4. The largest absolute Gasteiger partial charge is 0.356 e. The predicted molar refractivity (Wildman–Crippen MR) is 72.1 cm³/mol. The Bertz CT molecular complexity index is 198. The van der Waals surface area contributed by atoms with Gasteiger partial charge >= 0.3 is 0 Å². The average Bonchev–Trinajstić information content (AvgIpc) is 2.43. The summed E-state index contributed by atoms with van der Waals surface area (Å²) in [6.07, 6.45) is 14.2. The monoisotopic (exact) mass is 254 g/mol. The Morgan fingerprint density at radius 3 is 1.22 bits per heavy atom. The number of hydrogen-bond acceptors (Lipinski definition) is 2. The normalized spacial score (nSPS) is 21.3. The van der Waals surface area contributed by atoms with E-state index in [0.29, 0.717) is 12.1 Å². The first kappa shape index (κ1) is 15.0. The topological polar surface area (TPSA) is 58.2 Å². The van der Waals surface area contributed by atoms with Crippen molar-refractivity contribution in [3.8, 4) is 0 Å². The fourth-order valence-electron chi connectivity index (χ4n) is 2.73. The van der Waals surface area contributed by atoms with Crippen LogP contribution in [-0.2, 0) is 9.59 Å². The van der Waals surface area contributed by atoms with Gasteiger partial charge in [0, 0.05) is 12.1 Å². The number of carbonyl (C=O) groups is 2. The van der Waals surface area contributed by atoms with E-state index >= 15 is 0 Å². The Hall–Kier alpha value is -1.06. The van der Waals surface area contributed by atoms with E-state index in [-0.39, 0.29) is 0 Å². The second kappa shape index (κ2) is 9.92. The highest BCUT2D eigenvalue weighted by molar-refractivity contribution is 5.46. The van der Waals surface area contributed by atoms with E-state index in [4.69, 9.17) is 0 Å². The van der Waals surface area contributed by atoms with Crippen molar-refractivity contribution in [2.45, 2.75) is 76.3 Å². The van der Waals surface area contributed by atoms with Crippen LogP contribution in [0.25, 0.3) is 0 Å². The van der Waals surface area contributed by atoms with Crippen molar-refractivity contribution in [2.24, 2.45) is 0 Å². The molecule has 104 valence electrons. The highest BCUT2D eigenvalue weighted by Gasteiger charge is 2.11. The van der Waals surface area contributed by atoms with Crippen molar-refractivity contribution in [1.29, 1.82) is 0 Å². The molecule has 0 bridgehead atoms. The summed E-state index contributed by atoms with van der Waals surface area (Å²) in [5.41, 5.74) is 0. The number of hydrogen-bond donors (Lipinski definition) is 2. The lowest BCUT2D eigenvalue weighted by Crippen LogP contribution is -2.29. The second-order valence-corrected chi connectivity index (χ2v) is 5.24. The molecule has 0 radical (unpaired) electrons. The summed E-state index contributed by atoms with van der Waals surface area (Å²) in [5.74, 6) is 0. The van der Waals surface area contributed by atoms with Gasteiger partial charge < -0.3 is 10.6 Å². The van der Waals surface area contributed by atoms with Gasteiger partial charge in [0.1, 0.15) is 0 Å². The summed E-state index contributed by atoms with van der Waals surface area (Å²) in [6, 6.07) is 0.965. The van der Waals surface area contributed by atoms with Gasteiger partial charge in [-0.1, -0.05) is 38.5 Å². The first-order chi connectivity index (χ1) is 8.86. The van der Waals surface area contributed by atoms with Gasteiger partial charge in [-0.3, -0.25) is 9.59 Å². The van der Waals surface area contributed by atoms with Crippen molar-refractivity contribution in [3.05, 3.63) is 0 Å². The highest BCUT2D eigenvalue weighted by Crippen LogP contribution is 2.17. The molecule has 0 aromatic carbocycles. The molecule has 2 saturated carbocycles. The minimum absolute atomic E-state index is 0.483. The van der Waals surface area contributed by atoms with Crippen LogP contribution in [0.3, 0.4) is 0 Å². The molecule has 18 heavy (non-hydrogen) atoms. The standard InChI is InChI=1S/2C7H13NO/c2*9-6-8-7-4-2-1-3-5-7/h2*6-7H,1-5H2,(H,8,9). The molecule has 2 rings (SSSR count). The maximum Gasteiger partial charge on any atom is 0.207 e. The van der Waals surface area contributed by atoms with Gasteiger partial charge in [0.15, 0.2) is 0 Å². The molecule has 0 heterocycles. The third-order valence-corrected chi connectivity index (χ3v) is 3.82. The van der Waals surface area contributed by atoms with Gasteiger partial charge in [0.05, 0.1) is 0 Å². The van der Waals surface area contributed by atoms with E-state index < -0.39 is 0 Å². The minimum atomic E-state index is 0.483. The Kier molecular flexibility index (Phi) is 8.26. The smallest absolute Gasteiger partial charge is 0.207 e. The van der Waals surface area contributed by atoms with E-state index in [1.807, 2.05) is 0 Å². The molecule has 0 aromatic heterocycles. The molecule has 0 atom stereocenters. The van der Waals surface area contributed by atoms with Crippen LogP contribution in [0.15, 0.2) is 0 Å². The zero-order valence-corrected chi connectivity index (χ0v) is 11.2. The van der Waals surface area contributed by atoms with Crippen LogP contribution < -0.4 is 10.6 Å². The molecule has 0 saturated heterocycles. The van der Waals surface area contributed by atoms with Crippen molar-refractivity contribution in [2.75, 3.05) is 0 Å². The third-order valence-electron chi connectivity index (χ3n) is 3.82. The molecule has 4 heteroatoms. The Balaban J connectivity index is 0.000000180. The molecule has 4 nitrogen and oxygen atoms in total. The summed E-state index contributed by atoms with van der Waals surface area (Å²) >= 11 is 0. The lowest BCUT2D eigenvalue weighted by molar-refractivity contribution is -0.111. The zero-order valence-electron chi connectivity index (χ0n) is 11.2.